The van der Waals surface area contributed by atoms with E-state index in [4.69, 9.17) is 4.42 Å². The van der Waals surface area contributed by atoms with Crippen molar-refractivity contribution in [3.63, 3.8) is 0 Å². The third kappa shape index (κ3) is 4.19. The maximum atomic E-state index is 13.0. The van der Waals surface area contributed by atoms with E-state index in [1.165, 1.54) is 18.2 Å². The van der Waals surface area contributed by atoms with Crippen LogP contribution < -0.4 is 4.74 Å². The number of ether oxygens (including phenoxy) is 1. The molecule has 3 aromatic rings. The zero-order valence-corrected chi connectivity index (χ0v) is 16.8. The van der Waals surface area contributed by atoms with Crippen molar-refractivity contribution in [2.24, 2.45) is 11.8 Å². The lowest BCUT2D eigenvalue weighted by atomic mass is 9.76. The van der Waals surface area contributed by atoms with Gasteiger partial charge in [0.25, 0.3) is 0 Å². The molecule has 0 N–H and O–H groups in total. The number of halogens is 3. The molecule has 4 nitrogen and oxygen atoms in total. The van der Waals surface area contributed by atoms with Crippen LogP contribution in [0.15, 0.2) is 52.9 Å². The number of fused-ring (bicyclic) bond motifs is 4. The maximum absolute atomic E-state index is 13.0. The SMILES string of the molecule is O=C(C[C@H]1CN2CCC1CC2)c1cc2cccc(-c3cccc(OC(F)(F)F)c3)c2o1. The molecule has 7 heteroatoms. The van der Waals surface area contributed by atoms with Crippen molar-refractivity contribution in [2.75, 3.05) is 19.6 Å². The summed E-state index contributed by atoms with van der Waals surface area (Å²) < 4.78 is 47.8. The van der Waals surface area contributed by atoms with E-state index in [-0.39, 0.29) is 11.5 Å². The highest BCUT2D eigenvalue weighted by atomic mass is 19.4. The Morgan fingerprint density at radius 2 is 1.87 bits per heavy atom. The fourth-order valence-electron chi connectivity index (χ4n) is 4.95. The number of benzene rings is 2. The Morgan fingerprint density at radius 1 is 1.10 bits per heavy atom. The van der Waals surface area contributed by atoms with E-state index < -0.39 is 6.36 Å². The second-order valence-electron chi connectivity index (χ2n) is 8.44. The molecule has 0 spiro atoms. The molecular weight excluding hydrogens is 407 g/mol. The molecule has 0 aliphatic carbocycles. The number of rotatable bonds is 5. The van der Waals surface area contributed by atoms with Gasteiger partial charge in [0.05, 0.1) is 0 Å². The number of hydrogen-bond acceptors (Lipinski definition) is 4. The summed E-state index contributed by atoms with van der Waals surface area (Å²) in [6.07, 6.45) is -1.99. The molecule has 2 bridgehead atoms. The standard InChI is InChI=1S/C24H22F3NO3/c25-24(26,27)31-19-5-1-3-16(11-19)20-6-2-4-17-13-22(30-23(17)20)21(29)12-18-14-28-9-7-15(18)8-10-28/h1-6,11,13,15,18H,7-10,12,14H2/t18-/m0/s1. The first-order valence-corrected chi connectivity index (χ1v) is 10.5. The highest BCUT2D eigenvalue weighted by molar-refractivity contribution is 6.01. The molecule has 2 aromatic carbocycles. The Morgan fingerprint density at radius 3 is 2.58 bits per heavy atom. The summed E-state index contributed by atoms with van der Waals surface area (Å²) in [7, 11) is 0. The van der Waals surface area contributed by atoms with Crippen LogP contribution in [0.4, 0.5) is 13.2 Å². The molecule has 3 aliphatic heterocycles. The van der Waals surface area contributed by atoms with Gasteiger partial charge >= 0.3 is 6.36 Å². The second kappa shape index (κ2) is 7.71. The van der Waals surface area contributed by atoms with Crippen molar-refractivity contribution < 1.29 is 27.1 Å². The lowest BCUT2D eigenvalue weighted by Crippen LogP contribution is -2.47. The summed E-state index contributed by atoms with van der Waals surface area (Å²) in [6, 6.07) is 12.9. The van der Waals surface area contributed by atoms with Crippen LogP contribution in [0.3, 0.4) is 0 Å². The van der Waals surface area contributed by atoms with E-state index in [0.717, 1.165) is 37.9 Å². The third-order valence-electron chi connectivity index (χ3n) is 6.44. The van der Waals surface area contributed by atoms with Crippen LogP contribution in [-0.4, -0.2) is 36.7 Å². The Bertz CT molecular complexity index is 1110. The lowest BCUT2D eigenvalue weighted by molar-refractivity contribution is -0.274. The molecule has 0 amide bonds. The summed E-state index contributed by atoms with van der Waals surface area (Å²) in [5.74, 6) is 0.952. The van der Waals surface area contributed by atoms with E-state index in [2.05, 4.69) is 9.64 Å². The van der Waals surface area contributed by atoms with Crippen LogP contribution in [0.1, 0.15) is 29.8 Å². The topological polar surface area (TPSA) is 42.7 Å². The van der Waals surface area contributed by atoms with E-state index in [0.29, 0.717) is 40.7 Å². The number of carbonyl (C=O) groups excluding carboxylic acids is 1. The molecule has 3 fully saturated rings. The summed E-state index contributed by atoms with van der Waals surface area (Å²) in [4.78, 5) is 15.4. The van der Waals surface area contributed by atoms with Crippen molar-refractivity contribution in [1.29, 1.82) is 0 Å². The van der Waals surface area contributed by atoms with Crippen LogP contribution in [0.2, 0.25) is 0 Å². The minimum atomic E-state index is -4.76. The Kier molecular flexibility index (Phi) is 5.01. The van der Waals surface area contributed by atoms with Crippen molar-refractivity contribution in [2.45, 2.75) is 25.6 Å². The van der Waals surface area contributed by atoms with Crippen LogP contribution in [0, 0.1) is 11.8 Å². The minimum absolute atomic E-state index is 0.0185. The lowest BCUT2D eigenvalue weighted by Gasteiger charge is -2.44. The highest BCUT2D eigenvalue weighted by Gasteiger charge is 2.35. The first-order chi connectivity index (χ1) is 14.9. The first-order valence-electron chi connectivity index (χ1n) is 10.5. The number of carbonyl (C=O) groups is 1. The van der Waals surface area contributed by atoms with Gasteiger partial charge in [0.1, 0.15) is 11.3 Å². The second-order valence-corrected chi connectivity index (χ2v) is 8.44. The van der Waals surface area contributed by atoms with Crippen LogP contribution in [-0.2, 0) is 0 Å². The van der Waals surface area contributed by atoms with E-state index in [1.807, 2.05) is 6.07 Å². The van der Waals surface area contributed by atoms with Crippen molar-refractivity contribution in [3.05, 3.63) is 54.3 Å². The Hall–Kier alpha value is -2.80. The van der Waals surface area contributed by atoms with Crippen LogP contribution in [0.25, 0.3) is 22.1 Å². The molecule has 0 radical (unpaired) electrons. The number of nitrogens with zero attached hydrogens (tertiary/aromatic N) is 1. The highest BCUT2D eigenvalue weighted by Crippen LogP contribution is 2.37. The molecule has 1 aromatic heterocycles. The minimum Gasteiger partial charge on any atom is -0.452 e. The average Bonchev–Trinajstić information content (AvgIpc) is 3.18. The predicted molar refractivity (Wildman–Crippen MR) is 110 cm³/mol. The molecule has 0 unspecified atom stereocenters. The molecule has 6 rings (SSSR count). The zero-order chi connectivity index (χ0) is 21.6. The molecule has 0 saturated carbocycles. The van der Waals surface area contributed by atoms with Crippen LogP contribution >= 0.6 is 0 Å². The van der Waals surface area contributed by atoms with Crippen molar-refractivity contribution in [1.82, 2.24) is 4.90 Å². The molecule has 3 saturated heterocycles. The van der Waals surface area contributed by atoms with Gasteiger partial charge in [-0.05, 0) is 61.5 Å². The monoisotopic (exact) mass is 429 g/mol. The number of Topliss-reactive ketones (excluding diaryl/α,β-unsaturated/α-hetero) is 1. The van der Waals surface area contributed by atoms with E-state index in [1.54, 1.807) is 24.3 Å². The number of hydrogen-bond donors (Lipinski definition) is 0. The van der Waals surface area contributed by atoms with Gasteiger partial charge in [0.2, 0.25) is 0 Å². The van der Waals surface area contributed by atoms with Crippen LogP contribution in [0.5, 0.6) is 5.75 Å². The fraction of sp³-hybridized carbons (Fsp3) is 0.375. The normalized spacial score (nSPS) is 23.3. The number of piperidine rings is 3. The van der Waals surface area contributed by atoms with Gasteiger partial charge in [-0.2, -0.15) is 0 Å². The smallest absolute Gasteiger partial charge is 0.452 e. The summed E-state index contributed by atoms with van der Waals surface area (Å²) >= 11 is 0. The number of alkyl halides is 3. The van der Waals surface area contributed by atoms with E-state index in [9.17, 15) is 18.0 Å². The van der Waals surface area contributed by atoms with Gasteiger partial charge in [-0.25, -0.2) is 0 Å². The maximum Gasteiger partial charge on any atom is 0.573 e. The number of para-hydroxylation sites is 1. The van der Waals surface area contributed by atoms with Gasteiger partial charge in [-0.15, -0.1) is 13.2 Å². The van der Waals surface area contributed by atoms with Gasteiger partial charge < -0.3 is 14.1 Å². The average molecular weight is 429 g/mol. The quantitative estimate of drug-likeness (QED) is 0.473. The summed E-state index contributed by atoms with van der Waals surface area (Å²) in [5, 5.41) is 0.747. The van der Waals surface area contributed by atoms with Gasteiger partial charge in [-0.1, -0.05) is 30.3 Å². The number of ketones is 1. The third-order valence-corrected chi connectivity index (χ3v) is 6.44. The fourth-order valence-corrected chi connectivity index (χ4v) is 4.95. The van der Waals surface area contributed by atoms with Gasteiger partial charge in [-0.3, -0.25) is 4.79 Å². The zero-order valence-electron chi connectivity index (χ0n) is 16.8. The largest absolute Gasteiger partial charge is 0.573 e. The molecule has 31 heavy (non-hydrogen) atoms. The van der Waals surface area contributed by atoms with Crippen molar-refractivity contribution >= 4 is 16.8 Å². The Balaban J connectivity index is 1.42. The van der Waals surface area contributed by atoms with E-state index >= 15 is 0 Å². The molecular formula is C24H22F3NO3. The number of furan rings is 1. The van der Waals surface area contributed by atoms with Gasteiger partial charge in [0.15, 0.2) is 11.5 Å². The molecule has 1 atom stereocenters. The first kappa shape index (κ1) is 20.1. The Labute approximate surface area is 177 Å². The summed E-state index contributed by atoms with van der Waals surface area (Å²) in [6.45, 7) is 3.22. The summed E-state index contributed by atoms with van der Waals surface area (Å²) in [5.41, 5.74) is 1.63. The molecule has 162 valence electrons. The molecule has 4 heterocycles. The van der Waals surface area contributed by atoms with Gasteiger partial charge in [0, 0.05) is 23.9 Å². The molecule has 3 aliphatic rings. The predicted octanol–water partition coefficient (Wildman–Crippen LogP) is 5.91. The van der Waals surface area contributed by atoms with Crippen molar-refractivity contribution in [3.8, 4) is 16.9 Å².